The molecule has 0 aliphatic carbocycles. The van der Waals surface area contributed by atoms with E-state index in [0.29, 0.717) is 12.3 Å². The van der Waals surface area contributed by atoms with E-state index >= 15 is 0 Å². The number of pyridine rings is 1. The molecule has 1 aromatic heterocycles. The third-order valence-corrected chi connectivity index (χ3v) is 2.96. The Hall–Kier alpha value is -1.55. The van der Waals surface area contributed by atoms with Crippen molar-refractivity contribution >= 4 is 21.7 Å². The second-order valence-electron chi connectivity index (χ2n) is 3.91. The molecule has 0 spiro atoms. The fourth-order valence-corrected chi connectivity index (χ4v) is 1.98. The summed E-state index contributed by atoms with van der Waals surface area (Å²) in [5.74, 6) is 1.23. The van der Waals surface area contributed by atoms with Gasteiger partial charge in [-0.15, -0.1) is 0 Å². The van der Waals surface area contributed by atoms with Crippen molar-refractivity contribution in [2.75, 3.05) is 5.32 Å². The maximum atomic E-state index is 9.70. The molecule has 1 heterocycles. The lowest BCUT2D eigenvalue weighted by atomic mass is 10.2. The van der Waals surface area contributed by atoms with Crippen molar-refractivity contribution in [2.24, 2.45) is 0 Å². The predicted octanol–water partition coefficient (Wildman–Crippen LogP) is 2.89. The molecule has 2 rings (SSSR count). The number of rotatable bonds is 3. The monoisotopic (exact) mass is 293 g/mol. The van der Waals surface area contributed by atoms with Crippen LogP contribution in [0, 0.1) is 6.92 Å². The van der Waals surface area contributed by atoms with Crippen LogP contribution in [0.25, 0.3) is 0 Å². The van der Waals surface area contributed by atoms with E-state index in [1.165, 1.54) is 5.56 Å². The Labute approximate surface area is 109 Å². The Kier molecular flexibility index (Phi) is 3.64. The van der Waals surface area contributed by atoms with Crippen molar-refractivity contribution in [3.8, 4) is 5.75 Å². The fraction of sp³-hybridized carbons (Fsp3) is 0.154. The molecule has 1 aromatic carbocycles. The van der Waals surface area contributed by atoms with Gasteiger partial charge in [-0.2, -0.15) is 0 Å². The summed E-state index contributed by atoms with van der Waals surface area (Å²) in [5, 5.41) is 12.9. The molecule has 2 aromatic rings. The summed E-state index contributed by atoms with van der Waals surface area (Å²) in [6.45, 7) is 2.61. The van der Waals surface area contributed by atoms with Gasteiger partial charge in [-0.1, -0.05) is 15.9 Å². The number of halogens is 1. The van der Waals surface area contributed by atoms with Gasteiger partial charge in [0.25, 0.3) is 5.82 Å². The maximum absolute atomic E-state index is 9.70. The lowest BCUT2D eigenvalue weighted by Gasteiger charge is -2.03. The normalized spacial score (nSPS) is 10.2. The van der Waals surface area contributed by atoms with Crippen LogP contribution in [0.1, 0.15) is 11.1 Å². The number of phenols is 1. The molecule has 0 bridgehead atoms. The van der Waals surface area contributed by atoms with Crippen molar-refractivity contribution in [2.45, 2.75) is 13.5 Å². The molecule has 88 valence electrons. The van der Waals surface area contributed by atoms with Gasteiger partial charge in [0.2, 0.25) is 0 Å². The molecule has 0 unspecified atom stereocenters. The average molecular weight is 294 g/mol. The number of aromatic amines is 1. The van der Waals surface area contributed by atoms with Gasteiger partial charge in [-0.3, -0.25) is 5.32 Å². The van der Waals surface area contributed by atoms with Gasteiger partial charge < -0.3 is 5.11 Å². The molecule has 4 heteroatoms. The Bertz CT molecular complexity index is 529. The zero-order valence-electron chi connectivity index (χ0n) is 9.50. The fourth-order valence-electron chi connectivity index (χ4n) is 1.57. The minimum Gasteiger partial charge on any atom is -0.508 e. The van der Waals surface area contributed by atoms with Gasteiger partial charge in [-0.05, 0) is 36.8 Å². The molecule has 0 atom stereocenters. The van der Waals surface area contributed by atoms with E-state index < -0.39 is 0 Å². The minimum absolute atomic E-state index is 0.299. The summed E-state index contributed by atoms with van der Waals surface area (Å²) >= 11 is 3.39. The highest BCUT2D eigenvalue weighted by molar-refractivity contribution is 9.10. The molecular weight excluding hydrogens is 280 g/mol. The second kappa shape index (κ2) is 5.19. The zero-order valence-corrected chi connectivity index (χ0v) is 11.1. The number of benzene rings is 1. The van der Waals surface area contributed by atoms with Crippen molar-refractivity contribution in [3.05, 3.63) is 52.1 Å². The Morgan fingerprint density at radius 1 is 1.29 bits per heavy atom. The molecule has 0 amide bonds. The lowest BCUT2D eigenvalue weighted by Crippen LogP contribution is -2.12. The van der Waals surface area contributed by atoms with Crippen LogP contribution in [-0.4, -0.2) is 5.11 Å². The molecule has 0 saturated heterocycles. The summed E-state index contributed by atoms with van der Waals surface area (Å²) in [7, 11) is 0. The summed E-state index contributed by atoms with van der Waals surface area (Å²) in [4.78, 5) is 3.11. The van der Waals surface area contributed by atoms with Crippen LogP contribution >= 0.6 is 15.9 Å². The Balaban J connectivity index is 2.09. The first-order chi connectivity index (χ1) is 8.15. The molecule has 0 aliphatic heterocycles. The highest BCUT2D eigenvalue weighted by Crippen LogP contribution is 2.22. The molecule has 3 nitrogen and oxygen atoms in total. The third-order valence-electron chi connectivity index (χ3n) is 2.47. The average Bonchev–Trinajstić information content (AvgIpc) is 2.30. The molecule has 0 saturated carbocycles. The van der Waals surface area contributed by atoms with Crippen LogP contribution in [0.2, 0.25) is 0 Å². The summed E-state index contributed by atoms with van der Waals surface area (Å²) in [6.07, 6.45) is 1.89. The largest absolute Gasteiger partial charge is 0.508 e. The van der Waals surface area contributed by atoms with Gasteiger partial charge in [0.15, 0.2) is 0 Å². The molecule has 17 heavy (non-hydrogen) atoms. The number of hydrogen-bond acceptors (Lipinski definition) is 2. The van der Waals surface area contributed by atoms with E-state index in [2.05, 4.69) is 26.2 Å². The number of aromatic hydroxyl groups is 1. The topological polar surface area (TPSA) is 46.4 Å². The molecule has 3 N–H and O–H groups in total. The number of aromatic nitrogens is 1. The SMILES string of the molecule is Cc1cc[nH+]c(NCc2cc(Br)ccc2O)c1. The molecular formula is C13H14BrN2O+. The third kappa shape index (κ3) is 3.20. The highest BCUT2D eigenvalue weighted by atomic mass is 79.9. The van der Waals surface area contributed by atoms with Crippen molar-refractivity contribution in [1.29, 1.82) is 0 Å². The number of nitrogens with one attached hydrogen (secondary N) is 2. The quantitative estimate of drug-likeness (QED) is 0.914. The standard InChI is InChI=1S/C13H13BrN2O/c1-9-4-5-15-13(6-9)16-8-10-7-11(14)2-3-12(10)17/h2-7,17H,8H2,1H3,(H,15,16)/p+1. The van der Waals surface area contributed by atoms with E-state index in [1.54, 1.807) is 6.07 Å². The van der Waals surface area contributed by atoms with Gasteiger partial charge in [-0.25, -0.2) is 4.98 Å². The smallest absolute Gasteiger partial charge is 0.272 e. The molecule has 0 radical (unpaired) electrons. The van der Waals surface area contributed by atoms with Crippen LogP contribution in [0.5, 0.6) is 5.75 Å². The van der Waals surface area contributed by atoms with E-state index in [9.17, 15) is 5.11 Å². The molecule has 0 aliphatic rings. The maximum Gasteiger partial charge on any atom is 0.272 e. The number of hydrogen-bond donors (Lipinski definition) is 2. The van der Waals surface area contributed by atoms with Crippen LogP contribution in [0.15, 0.2) is 41.0 Å². The van der Waals surface area contributed by atoms with Gasteiger partial charge >= 0.3 is 0 Å². The Morgan fingerprint density at radius 3 is 2.88 bits per heavy atom. The van der Waals surface area contributed by atoms with E-state index in [-0.39, 0.29) is 0 Å². The lowest BCUT2D eigenvalue weighted by molar-refractivity contribution is -0.361. The van der Waals surface area contributed by atoms with Crippen LogP contribution in [0.3, 0.4) is 0 Å². The highest BCUT2D eigenvalue weighted by Gasteiger charge is 2.06. The first-order valence-electron chi connectivity index (χ1n) is 5.35. The summed E-state index contributed by atoms with van der Waals surface area (Å²) in [6, 6.07) is 9.42. The minimum atomic E-state index is 0.299. The van der Waals surface area contributed by atoms with Crippen LogP contribution in [-0.2, 0) is 6.54 Å². The number of phenolic OH excluding ortho intramolecular Hbond substituents is 1. The first kappa shape index (κ1) is 11.9. The zero-order chi connectivity index (χ0) is 12.3. The van der Waals surface area contributed by atoms with E-state index in [0.717, 1.165) is 15.9 Å². The van der Waals surface area contributed by atoms with Crippen molar-refractivity contribution in [3.63, 3.8) is 0 Å². The van der Waals surface area contributed by atoms with Crippen LogP contribution in [0.4, 0.5) is 5.82 Å². The van der Waals surface area contributed by atoms with Crippen molar-refractivity contribution < 1.29 is 10.1 Å². The number of H-pyrrole nitrogens is 1. The van der Waals surface area contributed by atoms with Gasteiger partial charge in [0.1, 0.15) is 12.3 Å². The Morgan fingerprint density at radius 2 is 2.12 bits per heavy atom. The molecule has 0 fully saturated rings. The van der Waals surface area contributed by atoms with Crippen molar-refractivity contribution in [1.82, 2.24) is 0 Å². The summed E-state index contributed by atoms with van der Waals surface area (Å²) in [5.41, 5.74) is 2.04. The first-order valence-corrected chi connectivity index (χ1v) is 6.14. The predicted molar refractivity (Wildman–Crippen MR) is 70.9 cm³/mol. The van der Waals surface area contributed by atoms with Gasteiger partial charge in [0.05, 0.1) is 6.20 Å². The second-order valence-corrected chi connectivity index (χ2v) is 4.82. The van der Waals surface area contributed by atoms with Crippen LogP contribution < -0.4 is 10.3 Å². The van der Waals surface area contributed by atoms with E-state index in [4.69, 9.17) is 0 Å². The number of aryl methyl sites for hydroxylation is 1. The van der Waals surface area contributed by atoms with Gasteiger partial charge in [0, 0.05) is 16.1 Å². The summed E-state index contributed by atoms with van der Waals surface area (Å²) < 4.78 is 0.959. The number of anilines is 1. The van der Waals surface area contributed by atoms with E-state index in [1.807, 2.05) is 37.4 Å².